The number of halogens is 1. The number of hydrogen-bond donors (Lipinski definition) is 0. The van der Waals surface area contributed by atoms with Crippen LogP contribution >= 0.6 is 11.6 Å². The summed E-state index contributed by atoms with van der Waals surface area (Å²) >= 11 is 6.14. The van der Waals surface area contributed by atoms with Gasteiger partial charge in [-0.05, 0) is 44.2 Å². The first-order chi connectivity index (χ1) is 15.7. The van der Waals surface area contributed by atoms with Crippen LogP contribution in [0.15, 0.2) is 60.0 Å². The molecule has 33 heavy (non-hydrogen) atoms. The fraction of sp³-hybridized carbons (Fsp3) is 0.304. The van der Waals surface area contributed by atoms with Gasteiger partial charge in [0.25, 0.3) is 15.9 Å². The van der Waals surface area contributed by atoms with Crippen molar-refractivity contribution in [2.45, 2.75) is 18.7 Å². The number of carbonyl (C=O) groups is 2. The minimum absolute atomic E-state index is 0.00167. The number of esters is 1. The molecule has 0 atom stereocenters. The van der Waals surface area contributed by atoms with E-state index >= 15 is 0 Å². The molecule has 178 valence electrons. The third-order valence-corrected chi connectivity index (χ3v) is 6.94. The lowest BCUT2D eigenvalue weighted by Crippen LogP contribution is -2.34. The molecule has 0 aliphatic rings. The number of methoxy groups -OCH3 is 1. The van der Waals surface area contributed by atoms with E-state index in [1.165, 1.54) is 30.2 Å². The summed E-state index contributed by atoms with van der Waals surface area (Å²) in [5.74, 6) is -0.905. The Morgan fingerprint density at radius 2 is 1.79 bits per heavy atom. The molecule has 0 spiro atoms. The first kappa shape index (κ1) is 26.2. The third kappa shape index (κ3) is 6.06. The lowest BCUT2D eigenvalue weighted by Gasteiger charge is -2.25. The summed E-state index contributed by atoms with van der Waals surface area (Å²) in [6.45, 7) is 7.70. The Morgan fingerprint density at radius 1 is 1.12 bits per heavy atom. The largest absolute Gasteiger partial charge is 0.495 e. The van der Waals surface area contributed by atoms with E-state index < -0.39 is 22.6 Å². The SMILES string of the molecule is C=CCN(c1ccccc1OC)S(=O)(=O)c1ccc(Cl)c(C(=O)OCC(=O)N(CC)CC)c1. The van der Waals surface area contributed by atoms with Crippen LogP contribution in [-0.4, -0.2) is 58.5 Å². The van der Waals surface area contributed by atoms with Crippen molar-refractivity contribution in [1.29, 1.82) is 0 Å². The lowest BCUT2D eigenvalue weighted by atomic mass is 10.2. The third-order valence-electron chi connectivity index (χ3n) is 4.84. The second-order valence-corrected chi connectivity index (χ2v) is 9.05. The summed E-state index contributed by atoms with van der Waals surface area (Å²) in [7, 11) is -2.70. The maximum Gasteiger partial charge on any atom is 0.340 e. The predicted octanol–water partition coefficient (Wildman–Crippen LogP) is 3.76. The van der Waals surface area contributed by atoms with Crippen LogP contribution < -0.4 is 9.04 Å². The van der Waals surface area contributed by atoms with Crippen LogP contribution in [0.2, 0.25) is 5.02 Å². The zero-order valence-electron chi connectivity index (χ0n) is 18.8. The topological polar surface area (TPSA) is 93.2 Å². The maximum absolute atomic E-state index is 13.5. The molecule has 0 aliphatic heterocycles. The van der Waals surface area contributed by atoms with E-state index in [-0.39, 0.29) is 27.9 Å². The van der Waals surface area contributed by atoms with Crippen LogP contribution in [0, 0.1) is 0 Å². The number of para-hydroxylation sites is 2. The highest BCUT2D eigenvalue weighted by molar-refractivity contribution is 7.92. The van der Waals surface area contributed by atoms with Gasteiger partial charge in [-0.1, -0.05) is 29.8 Å². The molecule has 0 unspecified atom stereocenters. The standard InChI is InChI=1S/C23H27ClN2O6S/c1-5-14-26(20-10-8-9-11-21(20)31-4)33(29,30)17-12-13-19(24)18(15-17)23(28)32-16-22(27)25(6-2)7-3/h5,8-13,15H,1,6-7,14,16H2,2-4H3. The van der Waals surface area contributed by atoms with Crippen LogP contribution in [0.3, 0.4) is 0 Å². The van der Waals surface area contributed by atoms with Crippen molar-refractivity contribution in [3.63, 3.8) is 0 Å². The average Bonchev–Trinajstić information content (AvgIpc) is 2.81. The van der Waals surface area contributed by atoms with E-state index in [4.69, 9.17) is 21.1 Å². The molecule has 0 N–H and O–H groups in total. The number of rotatable bonds is 11. The van der Waals surface area contributed by atoms with Crippen molar-refractivity contribution in [2.24, 2.45) is 0 Å². The summed E-state index contributed by atoms with van der Waals surface area (Å²) in [6, 6.07) is 10.4. The monoisotopic (exact) mass is 494 g/mol. The summed E-state index contributed by atoms with van der Waals surface area (Å²) < 4.78 is 38.5. The molecule has 2 aromatic rings. The van der Waals surface area contributed by atoms with Gasteiger partial charge in [-0.25, -0.2) is 13.2 Å². The highest BCUT2D eigenvalue weighted by Gasteiger charge is 2.28. The fourth-order valence-corrected chi connectivity index (χ4v) is 4.77. The van der Waals surface area contributed by atoms with Gasteiger partial charge in [0.05, 0.1) is 34.8 Å². The van der Waals surface area contributed by atoms with Crippen molar-refractivity contribution in [3.8, 4) is 5.75 Å². The molecule has 8 nitrogen and oxygen atoms in total. The highest BCUT2D eigenvalue weighted by atomic mass is 35.5. The zero-order chi connectivity index (χ0) is 24.6. The van der Waals surface area contributed by atoms with E-state index in [1.807, 2.05) is 13.8 Å². The highest BCUT2D eigenvalue weighted by Crippen LogP contribution is 2.33. The van der Waals surface area contributed by atoms with Gasteiger partial charge in [0.2, 0.25) is 0 Å². The summed E-state index contributed by atoms with van der Waals surface area (Å²) in [5.41, 5.74) is 0.146. The Bertz CT molecular complexity index is 1120. The Balaban J connectivity index is 2.40. The Morgan fingerprint density at radius 3 is 2.39 bits per heavy atom. The molecule has 0 aromatic heterocycles. The van der Waals surface area contributed by atoms with Crippen LogP contribution in [0.1, 0.15) is 24.2 Å². The molecule has 0 saturated carbocycles. The van der Waals surface area contributed by atoms with E-state index in [9.17, 15) is 18.0 Å². The van der Waals surface area contributed by atoms with Crippen LogP contribution in [0.4, 0.5) is 5.69 Å². The van der Waals surface area contributed by atoms with Crippen molar-refractivity contribution in [3.05, 3.63) is 65.7 Å². The number of anilines is 1. The van der Waals surface area contributed by atoms with Gasteiger partial charge in [0, 0.05) is 13.1 Å². The molecule has 0 saturated heterocycles. The molecule has 10 heteroatoms. The van der Waals surface area contributed by atoms with Crippen molar-refractivity contribution in [1.82, 2.24) is 4.90 Å². The number of nitrogens with zero attached hydrogens (tertiary/aromatic N) is 2. The van der Waals surface area contributed by atoms with Crippen LogP contribution in [-0.2, 0) is 19.6 Å². The van der Waals surface area contributed by atoms with E-state index in [2.05, 4.69) is 6.58 Å². The normalized spacial score (nSPS) is 10.9. The van der Waals surface area contributed by atoms with Gasteiger partial charge in [-0.15, -0.1) is 6.58 Å². The first-order valence-corrected chi connectivity index (χ1v) is 12.0. The first-order valence-electron chi connectivity index (χ1n) is 10.2. The molecular formula is C23H27ClN2O6S. The quantitative estimate of drug-likeness (QED) is 0.349. The maximum atomic E-state index is 13.5. The number of likely N-dealkylation sites (N-methyl/N-ethyl adjacent to an activating group) is 1. The predicted molar refractivity (Wildman–Crippen MR) is 127 cm³/mol. The van der Waals surface area contributed by atoms with Crippen LogP contribution in [0.5, 0.6) is 5.75 Å². The lowest BCUT2D eigenvalue weighted by molar-refractivity contribution is -0.134. The van der Waals surface area contributed by atoms with E-state index in [0.29, 0.717) is 24.5 Å². The number of hydrogen-bond acceptors (Lipinski definition) is 6. The second-order valence-electron chi connectivity index (χ2n) is 6.78. The number of benzene rings is 2. The molecule has 1 amide bonds. The average molecular weight is 495 g/mol. The summed E-state index contributed by atoms with van der Waals surface area (Å²) in [6.07, 6.45) is 1.44. The van der Waals surface area contributed by atoms with Gasteiger partial charge in [0.15, 0.2) is 6.61 Å². The smallest absolute Gasteiger partial charge is 0.340 e. The molecule has 0 radical (unpaired) electrons. The molecular weight excluding hydrogens is 468 g/mol. The number of sulfonamides is 1. The zero-order valence-corrected chi connectivity index (χ0v) is 20.4. The second kappa shape index (κ2) is 11.7. The minimum atomic E-state index is -4.13. The van der Waals surface area contributed by atoms with E-state index in [0.717, 1.165) is 10.4 Å². The summed E-state index contributed by atoms with van der Waals surface area (Å²) in [5, 5.41) is 0.00167. The van der Waals surface area contributed by atoms with E-state index in [1.54, 1.807) is 24.3 Å². The van der Waals surface area contributed by atoms with Crippen molar-refractivity contribution < 1.29 is 27.5 Å². The fourth-order valence-electron chi connectivity index (χ4n) is 3.10. The van der Waals surface area contributed by atoms with Crippen LogP contribution in [0.25, 0.3) is 0 Å². The van der Waals surface area contributed by atoms with Gasteiger partial charge < -0.3 is 14.4 Å². The number of amides is 1. The minimum Gasteiger partial charge on any atom is -0.495 e. The molecule has 2 rings (SSSR count). The van der Waals surface area contributed by atoms with Gasteiger partial charge in [-0.2, -0.15) is 0 Å². The number of ether oxygens (including phenoxy) is 2. The Labute approximate surface area is 199 Å². The molecule has 0 fully saturated rings. The Hall–Kier alpha value is -3.04. The van der Waals surface area contributed by atoms with Crippen molar-refractivity contribution in [2.75, 3.05) is 37.7 Å². The van der Waals surface area contributed by atoms with Crippen molar-refractivity contribution >= 4 is 39.2 Å². The van der Waals surface area contributed by atoms with Gasteiger partial charge in [0.1, 0.15) is 5.75 Å². The number of carbonyl (C=O) groups excluding carboxylic acids is 2. The van der Waals surface area contributed by atoms with Gasteiger partial charge >= 0.3 is 5.97 Å². The molecule has 2 aromatic carbocycles. The summed E-state index contributed by atoms with van der Waals surface area (Å²) in [4.78, 5) is 26.0. The molecule has 0 bridgehead atoms. The van der Waals surface area contributed by atoms with Gasteiger partial charge in [-0.3, -0.25) is 9.10 Å². The molecule has 0 aliphatic carbocycles. The Kier molecular flexibility index (Phi) is 9.31. The molecule has 0 heterocycles.